The molecule has 0 aromatic carbocycles. The minimum atomic E-state index is 0.629. The molecule has 0 aliphatic rings. The quantitative estimate of drug-likeness (QED) is 0.588. The van der Waals surface area contributed by atoms with Crippen molar-refractivity contribution in [3.63, 3.8) is 0 Å². The fourth-order valence-corrected chi connectivity index (χ4v) is 0.759. The molecule has 0 saturated carbocycles. The molecule has 0 aromatic rings. The van der Waals surface area contributed by atoms with E-state index in [0.29, 0.717) is 7.44 Å². The van der Waals surface area contributed by atoms with E-state index in [9.17, 15) is 0 Å². The first kappa shape index (κ1) is 8.80. The Balaban J connectivity index is 3.18. The first-order valence-corrected chi connectivity index (χ1v) is 4.24. The fourth-order valence-electron chi connectivity index (χ4n) is 0.219. The summed E-state index contributed by atoms with van der Waals surface area (Å²) < 4.78 is 1.26. The first-order chi connectivity index (χ1) is 3.63. The minimum Gasteiger partial charge on any atom is -0.299 e. The SMILES string of the molecule is N=C(I)CCC(=N)I. The van der Waals surface area contributed by atoms with Gasteiger partial charge in [0.05, 0.1) is 7.44 Å². The average Bonchev–Trinajstić information content (AvgIpc) is 1.61. The van der Waals surface area contributed by atoms with E-state index < -0.39 is 0 Å². The highest BCUT2D eigenvalue weighted by Gasteiger charge is 1.91. The molecule has 2 nitrogen and oxygen atoms in total. The summed E-state index contributed by atoms with van der Waals surface area (Å²) in [6, 6.07) is 0. The topological polar surface area (TPSA) is 47.7 Å². The molecule has 0 rings (SSSR count). The van der Waals surface area contributed by atoms with E-state index >= 15 is 0 Å². The zero-order chi connectivity index (χ0) is 6.57. The number of rotatable bonds is 3. The van der Waals surface area contributed by atoms with Gasteiger partial charge in [0.2, 0.25) is 0 Å². The average molecular weight is 336 g/mol. The largest absolute Gasteiger partial charge is 0.299 e. The summed E-state index contributed by atoms with van der Waals surface area (Å²) in [5.41, 5.74) is 0. The molecular formula is C4H6I2N2. The van der Waals surface area contributed by atoms with Gasteiger partial charge in [-0.15, -0.1) is 0 Å². The molecule has 0 atom stereocenters. The zero-order valence-corrected chi connectivity index (χ0v) is 8.49. The fraction of sp³-hybridized carbons (Fsp3) is 0.500. The van der Waals surface area contributed by atoms with Crippen LogP contribution in [0.1, 0.15) is 12.8 Å². The lowest BCUT2D eigenvalue weighted by molar-refractivity contribution is 1.16. The van der Waals surface area contributed by atoms with Crippen molar-refractivity contribution in [2.45, 2.75) is 12.8 Å². The summed E-state index contributed by atoms with van der Waals surface area (Å²) in [4.78, 5) is 0. The predicted octanol–water partition coefficient (Wildman–Crippen LogP) is 2.59. The predicted molar refractivity (Wildman–Crippen MR) is 52.7 cm³/mol. The van der Waals surface area contributed by atoms with Crippen LogP contribution in [0.5, 0.6) is 0 Å². The standard InChI is InChI=1S/C4H6I2N2/c5-3(7)1-2-4(6)8/h7-8H,1-2H2. The van der Waals surface area contributed by atoms with E-state index in [4.69, 9.17) is 10.8 Å². The third-order valence-electron chi connectivity index (χ3n) is 0.564. The zero-order valence-electron chi connectivity index (χ0n) is 4.17. The first-order valence-electron chi connectivity index (χ1n) is 2.09. The smallest absolute Gasteiger partial charge is 0.0698 e. The van der Waals surface area contributed by atoms with Gasteiger partial charge in [0, 0.05) is 12.8 Å². The summed E-state index contributed by atoms with van der Waals surface area (Å²) in [5, 5.41) is 13.9. The third-order valence-corrected chi connectivity index (χ3v) is 1.64. The summed E-state index contributed by atoms with van der Waals surface area (Å²) >= 11 is 3.92. The van der Waals surface area contributed by atoms with E-state index in [-0.39, 0.29) is 0 Å². The maximum absolute atomic E-state index is 6.97. The lowest BCUT2D eigenvalue weighted by Gasteiger charge is -1.89. The van der Waals surface area contributed by atoms with Gasteiger partial charge >= 0.3 is 0 Å². The summed E-state index contributed by atoms with van der Waals surface area (Å²) in [6.45, 7) is 0. The monoisotopic (exact) mass is 336 g/mol. The summed E-state index contributed by atoms with van der Waals surface area (Å²) in [6.07, 6.45) is 1.45. The summed E-state index contributed by atoms with van der Waals surface area (Å²) in [7, 11) is 0. The second-order valence-electron chi connectivity index (χ2n) is 1.31. The van der Waals surface area contributed by atoms with Crippen LogP contribution in [-0.4, -0.2) is 7.44 Å². The van der Waals surface area contributed by atoms with Crippen LogP contribution in [0.3, 0.4) is 0 Å². The number of hydrogen-bond acceptors (Lipinski definition) is 2. The van der Waals surface area contributed by atoms with Crippen LogP contribution < -0.4 is 0 Å². The van der Waals surface area contributed by atoms with E-state index in [2.05, 4.69) is 0 Å². The molecule has 0 bridgehead atoms. The van der Waals surface area contributed by atoms with E-state index in [1.54, 1.807) is 0 Å². The number of halogens is 2. The van der Waals surface area contributed by atoms with Crippen molar-refractivity contribution in [1.82, 2.24) is 0 Å². The van der Waals surface area contributed by atoms with Gasteiger partial charge in [-0.2, -0.15) is 0 Å². The molecule has 0 aliphatic carbocycles. The molecule has 8 heavy (non-hydrogen) atoms. The van der Waals surface area contributed by atoms with Crippen LogP contribution in [-0.2, 0) is 0 Å². The van der Waals surface area contributed by atoms with Crippen molar-refractivity contribution in [2.75, 3.05) is 0 Å². The molecule has 46 valence electrons. The number of hydrogen-bond donors (Lipinski definition) is 2. The van der Waals surface area contributed by atoms with Gasteiger partial charge in [-0.05, 0) is 45.2 Å². The Morgan fingerprint density at radius 3 is 1.38 bits per heavy atom. The maximum Gasteiger partial charge on any atom is 0.0698 e. The van der Waals surface area contributed by atoms with Gasteiger partial charge in [-0.1, -0.05) is 0 Å². The van der Waals surface area contributed by atoms with Crippen molar-refractivity contribution < 1.29 is 0 Å². The van der Waals surface area contributed by atoms with Gasteiger partial charge in [0.15, 0.2) is 0 Å². The Bertz CT molecular complexity index is 96.6. The Kier molecular flexibility index (Phi) is 5.12. The van der Waals surface area contributed by atoms with E-state index in [1.165, 1.54) is 0 Å². The van der Waals surface area contributed by atoms with Gasteiger partial charge in [-0.25, -0.2) is 0 Å². The van der Waals surface area contributed by atoms with Crippen molar-refractivity contribution in [1.29, 1.82) is 10.8 Å². The second kappa shape index (κ2) is 4.66. The Morgan fingerprint density at radius 2 is 1.25 bits per heavy atom. The normalized spacial score (nSPS) is 8.75. The maximum atomic E-state index is 6.97. The van der Waals surface area contributed by atoms with Gasteiger partial charge in [-0.3, -0.25) is 10.8 Å². The van der Waals surface area contributed by atoms with Crippen LogP contribution in [0.25, 0.3) is 0 Å². The molecule has 2 N–H and O–H groups in total. The lowest BCUT2D eigenvalue weighted by atomic mass is 10.4. The number of nitrogens with one attached hydrogen (secondary N) is 2. The van der Waals surface area contributed by atoms with Gasteiger partial charge < -0.3 is 0 Å². The van der Waals surface area contributed by atoms with E-state index in [1.807, 2.05) is 45.2 Å². The van der Waals surface area contributed by atoms with Crippen molar-refractivity contribution in [2.24, 2.45) is 0 Å². The Morgan fingerprint density at radius 1 is 1.00 bits per heavy atom. The van der Waals surface area contributed by atoms with E-state index in [0.717, 1.165) is 12.8 Å². The van der Waals surface area contributed by atoms with Crippen molar-refractivity contribution in [3.05, 3.63) is 0 Å². The molecule has 0 saturated heterocycles. The minimum absolute atomic E-state index is 0.629. The third kappa shape index (κ3) is 6.80. The molecule has 0 amide bonds. The second-order valence-corrected chi connectivity index (χ2v) is 3.91. The highest BCUT2D eigenvalue weighted by molar-refractivity contribution is 14.1. The van der Waals surface area contributed by atoms with Crippen LogP contribution in [0.4, 0.5) is 0 Å². The lowest BCUT2D eigenvalue weighted by Crippen LogP contribution is -1.87. The molecular weight excluding hydrogens is 330 g/mol. The molecule has 0 radical (unpaired) electrons. The van der Waals surface area contributed by atoms with Crippen molar-refractivity contribution in [3.8, 4) is 0 Å². The molecule has 0 fully saturated rings. The van der Waals surface area contributed by atoms with Gasteiger partial charge in [0.25, 0.3) is 0 Å². The summed E-state index contributed by atoms with van der Waals surface area (Å²) in [5.74, 6) is 0. The molecule has 0 unspecified atom stereocenters. The molecule has 0 spiro atoms. The molecule has 4 heteroatoms. The van der Waals surface area contributed by atoms with Crippen LogP contribution in [0.15, 0.2) is 0 Å². The van der Waals surface area contributed by atoms with Crippen LogP contribution in [0.2, 0.25) is 0 Å². The van der Waals surface area contributed by atoms with Crippen LogP contribution in [0, 0.1) is 10.8 Å². The molecule has 0 aliphatic heterocycles. The highest BCUT2D eigenvalue weighted by atomic mass is 127. The van der Waals surface area contributed by atoms with Gasteiger partial charge in [0.1, 0.15) is 0 Å². The Labute approximate surface area is 75.7 Å². The van der Waals surface area contributed by atoms with Crippen molar-refractivity contribution >= 4 is 52.6 Å². The molecule has 0 heterocycles. The highest BCUT2D eigenvalue weighted by Crippen LogP contribution is 2.02. The van der Waals surface area contributed by atoms with Crippen LogP contribution >= 0.6 is 45.2 Å². The molecule has 0 aromatic heterocycles. The Hall–Kier alpha value is 0.800.